The van der Waals surface area contributed by atoms with Crippen LogP contribution in [0.5, 0.6) is 0 Å². The molecule has 0 bridgehead atoms. The van der Waals surface area contributed by atoms with Crippen molar-refractivity contribution in [2.24, 2.45) is 0 Å². The van der Waals surface area contributed by atoms with E-state index in [1.54, 1.807) is 30.3 Å². The number of halogens is 1. The Kier molecular flexibility index (Phi) is 4.82. The van der Waals surface area contributed by atoms with Crippen LogP contribution in [0.2, 0.25) is 0 Å². The maximum Gasteiger partial charge on any atom is 0.250 e. The number of hydrogen-bond donors (Lipinski definition) is 3. The second-order valence-electron chi connectivity index (χ2n) is 4.09. The van der Waals surface area contributed by atoms with Crippen molar-refractivity contribution in [1.29, 1.82) is 0 Å². The van der Waals surface area contributed by atoms with Crippen LogP contribution in [-0.4, -0.2) is 20.1 Å². The third-order valence-corrected chi connectivity index (χ3v) is 6.14. The number of aliphatic hydroxyl groups excluding tert-OH is 1. The van der Waals surface area contributed by atoms with E-state index < -0.39 is 16.1 Å². The molecular formula is C12H13BrN2O3S2. The van der Waals surface area contributed by atoms with Gasteiger partial charge in [0.15, 0.2) is 0 Å². The van der Waals surface area contributed by atoms with Crippen LogP contribution >= 0.6 is 27.3 Å². The highest BCUT2D eigenvalue weighted by Gasteiger charge is 2.18. The van der Waals surface area contributed by atoms with Gasteiger partial charge < -0.3 is 10.8 Å². The van der Waals surface area contributed by atoms with Gasteiger partial charge in [0, 0.05) is 12.2 Å². The summed E-state index contributed by atoms with van der Waals surface area (Å²) >= 11 is 4.33. The molecular weight excluding hydrogens is 364 g/mol. The minimum Gasteiger partial charge on any atom is -0.399 e. The maximum absolute atomic E-state index is 12.0. The van der Waals surface area contributed by atoms with Crippen LogP contribution in [0.3, 0.4) is 0 Å². The van der Waals surface area contributed by atoms with E-state index in [1.807, 2.05) is 0 Å². The Bertz CT molecular complexity index is 683. The van der Waals surface area contributed by atoms with Gasteiger partial charge in [0.05, 0.1) is 9.89 Å². The van der Waals surface area contributed by atoms with Gasteiger partial charge in [-0.1, -0.05) is 12.1 Å². The molecule has 108 valence electrons. The molecule has 0 amide bonds. The van der Waals surface area contributed by atoms with Crippen LogP contribution in [0.1, 0.15) is 11.7 Å². The first-order valence-electron chi connectivity index (χ1n) is 5.67. The number of rotatable bonds is 5. The topological polar surface area (TPSA) is 92.4 Å². The van der Waals surface area contributed by atoms with Gasteiger partial charge in [-0.3, -0.25) is 0 Å². The highest BCUT2D eigenvalue weighted by atomic mass is 79.9. The first-order chi connectivity index (χ1) is 9.38. The molecule has 0 radical (unpaired) electrons. The van der Waals surface area contributed by atoms with Crippen molar-refractivity contribution in [2.75, 3.05) is 12.3 Å². The van der Waals surface area contributed by atoms with E-state index in [1.165, 1.54) is 6.07 Å². The van der Waals surface area contributed by atoms with Crippen molar-refractivity contribution in [1.82, 2.24) is 4.72 Å². The Morgan fingerprint density at radius 2 is 1.90 bits per heavy atom. The highest BCUT2D eigenvalue weighted by molar-refractivity contribution is 9.11. The molecule has 0 aliphatic rings. The lowest BCUT2D eigenvalue weighted by Gasteiger charge is -2.12. The summed E-state index contributed by atoms with van der Waals surface area (Å²) in [7, 11) is -3.60. The van der Waals surface area contributed by atoms with Gasteiger partial charge in [0.1, 0.15) is 4.21 Å². The zero-order valence-electron chi connectivity index (χ0n) is 10.3. The molecule has 20 heavy (non-hydrogen) atoms. The summed E-state index contributed by atoms with van der Waals surface area (Å²) in [5, 5.41) is 9.95. The average Bonchev–Trinajstić information content (AvgIpc) is 2.84. The van der Waals surface area contributed by atoms with Crippen molar-refractivity contribution >= 4 is 43.0 Å². The largest absolute Gasteiger partial charge is 0.399 e. The first-order valence-corrected chi connectivity index (χ1v) is 8.76. The van der Waals surface area contributed by atoms with Gasteiger partial charge in [-0.15, -0.1) is 11.3 Å². The Morgan fingerprint density at radius 3 is 2.45 bits per heavy atom. The Balaban J connectivity index is 2.03. The molecule has 0 fully saturated rings. The van der Waals surface area contributed by atoms with E-state index in [4.69, 9.17) is 5.73 Å². The quantitative estimate of drug-likeness (QED) is 0.696. The molecule has 1 aromatic heterocycles. The molecule has 0 aliphatic heterocycles. The molecule has 5 nitrogen and oxygen atoms in total. The van der Waals surface area contributed by atoms with Crippen molar-refractivity contribution in [2.45, 2.75) is 10.3 Å². The molecule has 0 aliphatic carbocycles. The number of nitrogens with two attached hydrogens (primary N) is 1. The normalized spacial score (nSPS) is 13.3. The predicted molar refractivity (Wildman–Crippen MR) is 83.0 cm³/mol. The molecule has 2 aromatic rings. The van der Waals surface area contributed by atoms with Crippen LogP contribution < -0.4 is 10.5 Å². The van der Waals surface area contributed by atoms with Crippen molar-refractivity contribution in [3.63, 3.8) is 0 Å². The van der Waals surface area contributed by atoms with Gasteiger partial charge in [-0.2, -0.15) is 0 Å². The van der Waals surface area contributed by atoms with Gasteiger partial charge in [0.2, 0.25) is 10.0 Å². The van der Waals surface area contributed by atoms with Gasteiger partial charge >= 0.3 is 0 Å². The van der Waals surface area contributed by atoms with E-state index in [2.05, 4.69) is 20.7 Å². The molecule has 1 aromatic carbocycles. The van der Waals surface area contributed by atoms with Crippen molar-refractivity contribution in [3.05, 3.63) is 45.7 Å². The number of nitrogen functional groups attached to an aromatic ring is 1. The van der Waals surface area contributed by atoms with Crippen LogP contribution in [0.15, 0.2) is 44.4 Å². The number of sulfonamides is 1. The standard InChI is InChI=1S/C12H13BrN2O3S2/c13-11-5-6-12(19-11)20(17,18)15-7-10(16)8-1-3-9(14)4-2-8/h1-6,10,15-16H,7,14H2. The third-order valence-electron chi connectivity index (χ3n) is 2.60. The summed E-state index contributed by atoms with van der Waals surface area (Å²) in [6, 6.07) is 9.81. The molecule has 0 spiro atoms. The van der Waals surface area contributed by atoms with E-state index >= 15 is 0 Å². The zero-order chi connectivity index (χ0) is 14.8. The molecule has 8 heteroatoms. The molecule has 0 saturated heterocycles. The Labute approximate surface area is 129 Å². The summed E-state index contributed by atoms with van der Waals surface area (Å²) < 4.78 is 27.3. The molecule has 1 heterocycles. The van der Waals surface area contributed by atoms with Crippen molar-refractivity contribution in [3.8, 4) is 0 Å². The van der Waals surface area contributed by atoms with Gasteiger partial charge in [-0.05, 0) is 45.8 Å². The molecule has 2 rings (SSSR count). The van der Waals surface area contributed by atoms with Crippen LogP contribution in [0, 0.1) is 0 Å². The molecule has 1 unspecified atom stereocenters. The van der Waals surface area contributed by atoms with Gasteiger partial charge in [-0.25, -0.2) is 13.1 Å². The Hall–Kier alpha value is -0.930. The highest BCUT2D eigenvalue weighted by Crippen LogP contribution is 2.26. The minimum atomic E-state index is -3.60. The zero-order valence-corrected chi connectivity index (χ0v) is 13.5. The Morgan fingerprint density at radius 1 is 1.25 bits per heavy atom. The molecule has 1 atom stereocenters. The lowest BCUT2D eigenvalue weighted by molar-refractivity contribution is 0.182. The lowest BCUT2D eigenvalue weighted by Crippen LogP contribution is -2.28. The number of thiophene rings is 1. The van der Waals surface area contributed by atoms with Crippen LogP contribution in [0.25, 0.3) is 0 Å². The summed E-state index contributed by atoms with van der Waals surface area (Å²) in [4.78, 5) is 0. The number of anilines is 1. The van der Waals surface area contributed by atoms with E-state index in [0.717, 1.165) is 15.1 Å². The summed E-state index contributed by atoms with van der Waals surface area (Å²) in [5.74, 6) is 0. The summed E-state index contributed by atoms with van der Waals surface area (Å²) in [6.07, 6.45) is -0.922. The second-order valence-corrected chi connectivity index (χ2v) is 8.55. The molecule has 0 saturated carbocycles. The number of hydrogen-bond acceptors (Lipinski definition) is 5. The first kappa shape index (κ1) is 15.5. The third kappa shape index (κ3) is 3.80. The summed E-state index contributed by atoms with van der Waals surface area (Å²) in [5.41, 5.74) is 6.75. The van der Waals surface area contributed by atoms with Crippen molar-refractivity contribution < 1.29 is 13.5 Å². The smallest absolute Gasteiger partial charge is 0.250 e. The fraction of sp³-hybridized carbons (Fsp3) is 0.167. The minimum absolute atomic E-state index is 0.0955. The maximum atomic E-state index is 12.0. The monoisotopic (exact) mass is 376 g/mol. The van der Waals surface area contributed by atoms with E-state index in [-0.39, 0.29) is 10.8 Å². The van der Waals surface area contributed by atoms with E-state index in [9.17, 15) is 13.5 Å². The number of aliphatic hydroxyl groups is 1. The lowest BCUT2D eigenvalue weighted by atomic mass is 10.1. The fourth-order valence-electron chi connectivity index (χ4n) is 1.54. The van der Waals surface area contributed by atoms with E-state index in [0.29, 0.717) is 11.3 Å². The number of nitrogens with one attached hydrogen (secondary N) is 1. The molecule has 4 N–H and O–H groups in total. The van der Waals surface area contributed by atoms with Crippen LogP contribution in [0.4, 0.5) is 5.69 Å². The predicted octanol–water partition coefficient (Wildman–Crippen LogP) is 2.10. The van der Waals surface area contributed by atoms with Gasteiger partial charge in [0.25, 0.3) is 0 Å². The number of benzene rings is 1. The summed E-state index contributed by atoms with van der Waals surface area (Å²) in [6.45, 7) is -0.0955. The second kappa shape index (κ2) is 6.23. The SMILES string of the molecule is Nc1ccc(C(O)CNS(=O)(=O)c2ccc(Br)s2)cc1. The van der Waals surface area contributed by atoms with Crippen LogP contribution in [-0.2, 0) is 10.0 Å². The average molecular weight is 377 g/mol. The fourth-order valence-corrected chi connectivity index (χ4v) is 4.63.